The van der Waals surface area contributed by atoms with Crippen molar-refractivity contribution in [2.45, 2.75) is 38.8 Å². The fourth-order valence-electron chi connectivity index (χ4n) is 1.90. The van der Waals surface area contributed by atoms with Crippen molar-refractivity contribution >= 4 is 17.5 Å². The largest absolute Gasteiger partial charge is 0.341 e. The van der Waals surface area contributed by atoms with Gasteiger partial charge in [-0.25, -0.2) is 0 Å². The van der Waals surface area contributed by atoms with E-state index in [0.29, 0.717) is 0 Å². The Morgan fingerprint density at radius 2 is 1.72 bits per heavy atom. The van der Waals surface area contributed by atoms with Crippen molar-refractivity contribution in [2.24, 2.45) is 5.73 Å². The van der Waals surface area contributed by atoms with Crippen molar-refractivity contribution < 1.29 is 4.79 Å². The van der Waals surface area contributed by atoms with Gasteiger partial charge in [-0.2, -0.15) is 0 Å². The molecule has 0 aliphatic heterocycles. The van der Waals surface area contributed by atoms with Gasteiger partial charge < -0.3 is 10.6 Å². The fourth-order valence-corrected chi connectivity index (χ4v) is 2.03. The second-order valence-electron chi connectivity index (χ2n) is 4.82. The van der Waals surface area contributed by atoms with Gasteiger partial charge in [0.15, 0.2) is 0 Å². The number of rotatable bonds is 4. The monoisotopic (exact) mass is 268 g/mol. The first-order valence-corrected chi connectivity index (χ1v) is 6.50. The summed E-state index contributed by atoms with van der Waals surface area (Å²) < 4.78 is 0. The zero-order chi connectivity index (χ0) is 13.9. The molecule has 0 radical (unpaired) electrons. The molecule has 2 N–H and O–H groups in total. The Bertz CT molecular complexity index is 403. The second kappa shape index (κ2) is 6.21. The molecule has 0 bridgehead atoms. The van der Waals surface area contributed by atoms with Crippen molar-refractivity contribution in [1.29, 1.82) is 0 Å². The molecule has 1 aromatic carbocycles. The summed E-state index contributed by atoms with van der Waals surface area (Å²) in [6.07, 6.45) is 0. The van der Waals surface area contributed by atoms with Gasteiger partial charge in [-0.1, -0.05) is 30.7 Å². The van der Waals surface area contributed by atoms with E-state index in [1.165, 1.54) is 0 Å². The molecule has 0 aliphatic carbocycles. The smallest absolute Gasteiger partial charge is 0.239 e. The Hall–Kier alpha value is -1.06. The number of hydrogen-bond acceptors (Lipinski definition) is 2. The molecule has 0 spiro atoms. The lowest BCUT2D eigenvalue weighted by Crippen LogP contribution is -2.45. The van der Waals surface area contributed by atoms with Gasteiger partial charge in [-0.15, -0.1) is 0 Å². The van der Waals surface area contributed by atoms with Crippen LogP contribution in [0.1, 0.15) is 32.3 Å². The van der Waals surface area contributed by atoms with E-state index >= 15 is 0 Å². The molecule has 100 valence electrons. The Balaban J connectivity index is 2.80. The lowest BCUT2D eigenvalue weighted by molar-refractivity contribution is -0.133. The molecule has 18 heavy (non-hydrogen) atoms. The van der Waals surface area contributed by atoms with Gasteiger partial charge in [0.2, 0.25) is 5.91 Å². The number of amides is 1. The third-order valence-electron chi connectivity index (χ3n) is 3.47. The molecule has 3 atom stereocenters. The van der Waals surface area contributed by atoms with Crippen molar-refractivity contribution in [1.82, 2.24) is 4.90 Å². The maximum Gasteiger partial charge on any atom is 0.239 e. The van der Waals surface area contributed by atoms with Gasteiger partial charge in [0.25, 0.3) is 0 Å². The first-order valence-electron chi connectivity index (χ1n) is 6.12. The minimum absolute atomic E-state index is 0.0386. The SMILES string of the molecule is CC(c1ccc(Cl)cc1)C(C)N(C)C(=O)[C@H](C)N. The number of halogens is 1. The highest BCUT2D eigenvalue weighted by Gasteiger charge is 2.24. The van der Waals surface area contributed by atoms with E-state index in [1.807, 2.05) is 31.2 Å². The summed E-state index contributed by atoms with van der Waals surface area (Å²) in [4.78, 5) is 13.6. The molecule has 1 aromatic rings. The van der Waals surface area contributed by atoms with Crippen LogP contribution in [0, 0.1) is 0 Å². The van der Waals surface area contributed by atoms with Crippen LogP contribution in [0.3, 0.4) is 0 Å². The van der Waals surface area contributed by atoms with Crippen LogP contribution >= 0.6 is 11.6 Å². The van der Waals surface area contributed by atoms with E-state index in [-0.39, 0.29) is 17.9 Å². The maximum absolute atomic E-state index is 11.9. The van der Waals surface area contributed by atoms with E-state index in [2.05, 4.69) is 6.92 Å². The summed E-state index contributed by atoms with van der Waals surface area (Å²) >= 11 is 5.87. The number of hydrogen-bond donors (Lipinski definition) is 1. The lowest BCUT2D eigenvalue weighted by Gasteiger charge is -2.31. The molecule has 0 aliphatic rings. The Morgan fingerprint density at radius 1 is 1.22 bits per heavy atom. The molecule has 0 aromatic heterocycles. The van der Waals surface area contributed by atoms with E-state index in [4.69, 9.17) is 17.3 Å². The highest BCUT2D eigenvalue weighted by molar-refractivity contribution is 6.30. The Labute approximate surface area is 114 Å². The average molecular weight is 269 g/mol. The molecule has 0 heterocycles. The van der Waals surface area contributed by atoms with Crippen LogP contribution in [0.4, 0.5) is 0 Å². The van der Waals surface area contributed by atoms with Crippen molar-refractivity contribution in [2.75, 3.05) is 7.05 Å². The van der Waals surface area contributed by atoms with E-state index < -0.39 is 6.04 Å². The zero-order valence-electron chi connectivity index (χ0n) is 11.4. The molecule has 3 nitrogen and oxygen atoms in total. The molecule has 0 fully saturated rings. The number of benzene rings is 1. The van der Waals surface area contributed by atoms with Crippen LogP contribution < -0.4 is 5.73 Å². The second-order valence-corrected chi connectivity index (χ2v) is 5.26. The molecule has 0 saturated heterocycles. The van der Waals surface area contributed by atoms with E-state index in [0.717, 1.165) is 10.6 Å². The van der Waals surface area contributed by atoms with Crippen LogP contribution in [-0.4, -0.2) is 29.9 Å². The Kier molecular flexibility index (Phi) is 5.17. The van der Waals surface area contributed by atoms with Gasteiger partial charge in [-0.05, 0) is 31.5 Å². The zero-order valence-corrected chi connectivity index (χ0v) is 12.1. The summed E-state index contributed by atoms with van der Waals surface area (Å²) in [7, 11) is 1.79. The van der Waals surface area contributed by atoms with Crippen molar-refractivity contribution in [3.8, 4) is 0 Å². The maximum atomic E-state index is 11.9. The number of nitrogens with two attached hydrogens (primary N) is 1. The lowest BCUT2D eigenvalue weighted by atomic mass is 9.93. The third kappa shape index (κ3) is 3.47. The van der Waals surface area contributed by atoms with Crippen LogP contribution in [0.15, 0.2) is 24.3 Å². The number of carbonyl (C=O) groups is 1. The van der Waals surface area contributed by atoms with Crippen molar-refractivity contribution in [3.05, 3.63) is 34.9 Å². The van der Waals surface area contributed by atoms with Gasteiger partial charge in [0, 0.05) is 24.0 Å². The number of nitrogens with zero attached hydrogens (tertiary/aromatic N) is 1. The van der Waals surface area contributed by atoms with Gasteiger partial charge >= 0.3 is 0 Å². The van der Waals surface area contributed by atoms with Gasteiger partial charge in [-0.3, -0.25) is 4.79 Å². The third-order valence-corrected chi connectivity index (χ3v) is 3.72. The molecule has 0 saturated carbocycles. The van der Waals surface area contributed by atoms with Crippen LogP contribution in [0.2, 0.25) is 5.02 Å². The van der Waals surface area contributed by atoms with Crippen LogP contribution in [0.25, 0.3) is 0 Å². The summed E-state index contributed by atoms with van der Waals surface area (Å²) in [6, 6.07) is 7.35. The fraction of sp³-hybridized carbons (Fsp3) is 0.500. The normalized spacial score (nSPS) is 15.9. The first-order chi connectivity index (χ1) is 8.34. The molecular formula is C14H21ClN2O. The topological polar surface area (TPSA) is 46.3 Å². The first kappa shape index (κ1) is 15.0. The Morgan fingerprint density at radius 3 is 2.17 bits per heavy atom. The van der Waals surface area contributed by atoms with E-state index in [1.54, 1.807) is 18.9 Å². The summed E-state index contributed by atoms with van der Waals surface area (Å²) in [5.74, 6) is 0.193. The van der Waals surface area contributed by atoms with Crippen LogP contribution in [0.5, 0.6) is 0 Å². The predicted molar refractivity (Wildman–Crippen MR) is 75.7 cm³/mol. The van der Waals surface area contributed by atoms with E-state index in [9.17, 15) is 4.79 Å². The summed E-state index contributed by atoms with van der Waals surface area (Å²) in [5, 5.41) is 0.721. The molecule has 1 rings (SSSR count). The van der Waals surface area contributed by atoms with Crippen molar-refractivity contribution in [3.63, 3.8) is 0 Å². The summed E-state index contributed by atoms with van der Waals surface area (Å²) in [5.41, 5.74) is 6.79. The molecule has 1 amide bonds. The molecule has 4 heteroatoms. The number of carbonyl (C=O) groups excluding carboxylic acids is 1. The summed E-state index contributed by atoms with van der Waals surface area (Å²) in [6.45, 7) is 5.83. The highest BCUT2D eigenvalue weighted by atomic mass is 35.5. The van der Waals surface area contributed by atoms with Gasteiger partial charge in [0.05, 0.1) is 6.04 Å². The quantitative estimate of drug-likeness (QED) is 0.913. The molecule has 2 unspecified atom stereocenters. The average Bonchev–Trinajstić information content (AvgIpc) is 2.36. The number of likely N-dealkylation sites (N-methyl/N-ethyl adjacent to an activating group) is 1. The minimum Gasteiger partial charge on any atom is -0.341 e. The predicted octanol–water partition coefficient (Wildman–Crippen LogP) is 2.64. The van der Waals surface area contributed by atoms with Crippen LogP contribution in [-0.2, 0) is 4.79 Å². The minimum atomic E-state index is -0.463. The molecular weight excluding hydrogens is 248 g/mol. The highest BCUT2D eigenvalue weighted by Crippen LogP contribution is 2.24. The van der Waals surface area contributed by atoms with Gasteiger partial charge in [0.1, 0.15) is 0 Å². The standard InChI is InChI=1S/C14H21ClN2O/c1-9(12-5-7-13(15)8-6-12)11(3)17(4)14(18)10(2)16/h5-11H,16H2,1-4H3/t9?,10-,11?/m0/s1.